The zero-order valence-electron chi connectivity index (χ0n) is 7.61. The van der Waals surface area contributed by atoms with E-state index in [0.717, 1.165) is 0 Å². The monoisotopic (exact) mass is 156 g/mol. The molecule has 0 aliphatic rings. The third-order valence-corrected chi connectivity index (χ3v) is 1.59. The van der Waals surface area contributed by atoms with Gasteiger partial charge >= 0.3 is 0 Å². The third kappa shape index (κ3) is 4.67. The van der Waals surface area contributed by atoms with Crippen molar-refractivity contribution in [1.82, 2.24) is 0 Å². The average Bonchev–Trinajstić information content (AvgIpc) is 2.03. The predicted octanol–water partition coefficient (Wildman–Crippen LogP) is 1.18. The Morgan fingerprint density at radius 2 is 1.91 bits per heavy atom. The van der Waals surface area contributed by atoms with Crippen LogP contribution in [0.25, 0.3) is 0 Å². The summed E-state index contributed by atoms with van der Waals surface area (Å²) in [6, 6.07) is 0.193. The lowest BCUT2D eigenvalue weighted by Crippen LogP contribution is -2.19. The Balaban J connectivity index is 3.75. The van der Waals surface area contributed by atoms with Crippen LogP contribution in [0.1, 0.15) is 13.8 Å². The van der Waals surface area contributed by atoms with Gasteiger partial charge in [0.1, 0.15) is 0 Å². The van der Waals surface area contributed by atoms with Gasteiger partial charge in [0.05, 0.1) is 12.1 Å². The summed E-state index contributed by atoms with van der Waals surface area (Å²) in [7, 11) is 3.40. The fourth-order valence-corrected chi connectivity index (χ4v) is 0.559. The summed E-state index contributed by atoms with van der Waals surface area (Å²) in [5.41, 5.74) is 0. The van der Waals surface area contributed by atoms with E-state index in [2.05, 4.69) is 9.98 Å². The van der Waals surface area contributed by atoms with Crippen LogP contribution in [-0.2, 0) is 4.74 Å². The highest BCUT2D eigenvalue weighted by Gasteiger charge is 2.06. The molecule has 0 bridgehead atoms. The maximum absolute atomic E-state index is 5.08. The minimum absolute atomic E-state index is 0.163. The summed E-state index contributed by atoms with van der Waals surface area (Å²) in [5, 5.41) is 0. The van der Waals surface area contributed by atoms with Crippen LogP contribution in [-0.4, -0.2) is 38.7 Å². The molecular formula is C8H16N2O. The summed E-state index contributed by atoms with van der Waals surface area (Å²) in [5.74, 6) is 0. The second-order valence-corrected chi connectivity index (χ2v) is 2.39. The van der Waals surface area contributed by atoms with Gasteiger partial charge in [-0.3, -0.25) is 9.98 Å². The highest BCUT2D eigenvalue weighted by atomic mass is 16.5. The summed E-state index contributed by atoms with van der Waals surface area (Å²) >= 11 is 0. The largest absolute Gasteiger partial charge is 0.380 e. The van der Waals surface area contributed by atoms with Gasteiger partial charge in [-0.15, -0.1) is 0 Å². The van der Waals surface area contributed by atoms with E-state index in [1.165, 1.54) is 0 Å². The molecule has 64 valence electrons. The molecule has 0 amide bonds. The van der Waals surface area contributed by atoms with Gasteiger partial charge in [-0.1, -0.05) is 0 Å². The van der Waals surface area contributed by atoms with Crippen molar-refractivity contribution in [2.75, 3.05) is 14.2 Å². The van der Waals surface area contributed by atoms with Gasteiger partial charge in [0.25, 0.3) is 0 Å². The molecule has 0 aromatic heterocycles. The Kier molecular flexibility index (Phi) is 5.65. The molecule has 0 rings (SSSR count). The van der Waals surface area contributed by atoms with E-state index in [1.807, 2.05) is 13.8 Å². The molecule has 3 heteroatoms. The van der Waals surface area contributed by atoms with Crippen LogP contribution in [0.4, 0.5) is 0 Å². The van der Waals surface area contributed by atoms with Crippen LogP contribution < -0.4 is 0 Å². The zero-order chi connectivity index (χ0) is 8.69. The van der Waals surface area contributed by atoms with Gasteiger partial charge in [0, 0.05) is 26.6 Å². The molecule has 0 heterocycles. The summed E-state index contributed by atoms with van der Waals surface area (Å²) in [4.78, 5) is 7.96. The van der Waals surface area contributed by atoms with Crippen LogP contribution in [0.3, 0.4) is 0 Å². The molecule has 11 heavy (non-hydrogen) atoms. The van der Waals surface area contributed by atoms with Crippen LogP contribution in [0, 0.1) is 0 Å². The SMILES string of the molecule is C/N=C\C=N/C(C)C(C)OC. The molecular weight excluding hydrogens is 140 g/mol. The molecule has 0 aliphatic carbocycles. The zero-order valence-corrected chi connectivity index (χ0v) is 7.61. The van der Waals surface area contributed by atoms with E-state index < -0.39 is 0 Å². The Morgan fingerprint density at radius 1 is 1.27 bits per heavy atom. The molecule has 0 aliphatic heterocycles. The van der Waals surface area contributed by atoms with E-state index in [4.69, 9.17) is 4.74 Å². The van der Waals surface area contributed by atoms with Crippen LogP contribution >= 0.6 is 0 Å². The first kappa shape index (κ1) is 10.3. The fourth-order valence-electron chi connectivity index (χ4n) is 0.559. The van der Waals surface area contributed by atoms with Crippen molar-refractivity contribution in [2.24, 2.45) is 9.98 Å². The van der Waals surface area contributed by atoms with Crippen molar-refractivity contribution in [2.45, 2.75) is 26.0 Å². The molecule has 0 aromatic carbocycles. The standard InChI is InChI=1S/C8H16N2O/c1-7(8(2)11-4)10-6-5-9-3/h5-8H,1-4H3/b9-5-,10-6-. The number of ether oxygens (including phenoxy) is 1. The molecule has 0 N–H and O–H groups in total. The van der Waals surface area contributed by atoms with E-state index in [0.29, 0.717) is 0 Å². The molecule has 0 radical (unpaired) electrons. The predicted molar refractivity (Wildman–Crippen MR) is 48.8 cm³/mol. The molecule has 2 atom stereocenters. The number of rotatable bonds is 4. The normalized spacial score (nSPS) is 17.8. The number of methoxy groups -OCH3 is 1. The van der Waals surface area contributed by atoms with Crippen LogP contribution in [0.2, 0.25) is 0 Å². The van der Waals surface area contributed by atoms with Crippen molar-refractivity contribution in [3.8, 4) is 0 Å². The molecule has 0 fully saturated rings. The van der Waals surface area contributed by atoms with Crippen molar-refractivity contribution in [3.63, 3.8) is 0 Å². The lowest BCUT2D eigenvalue weighted by molar-refractivity contribution is 0.102. The van der Waals surface area contributed by atoms with Gasteiger partial charge in [-0.05, 0) is 13.8 Å². The lowest BCUT2D eigenvalue weighted by Gasteiger charge is -2.12. The number of nitrogens with zero attached hydrogens (tertiary/aromatic N) is 2. The van der Waals surface area contributed by atoms with Crippen molar-refractivity contribution in [1.29, 1.82) is 0 Å². The maximum atomic E-state index is 5.08. The van der Waals surface area contributed by atoms with Gasteiger partial charge in [0.2, 0.25) is 0 Å². The van der Waals surface area contributed by atoms with Gasteiger partial charge in [0.15, 0.2) is 0 Å². The highest BCUT2D eigenvalue weighted by Crippen LogP contribution is 1.99. The first-order valence-corrected chi connectivity index (χ1v) is 3.69. The van der Waals surface area contributed by atoms with E-state index >= 15 is 0 Å². The average molecular weight is 156 g/mol. The first-order chi connectivity index (χ1) is 5.22. The smallest absolute Gasteiger partial charge is 0.0763 e. The molecule has 2 unspecified atom stereocenters. The third-order valence-electron chi connectivity index (χ3n) is 1.59. The maximum Gasteiger partial charge on any atom is 0.0763 e. The Labute approximate surface area is 68.2 Å². The van der Waals surface area contributed by atoms with Crippen LogP contribution in [0.15, 0.2) is 9.98 Å². The van der Waals surface area contributed by atoms with Crippen LogP contribution in [0.5, 0.6) is 0 Å². The Bertz CT molecular complexity index is 143. The molecule has 0 spiro atoms. The Hall–Kier alpha value is -0.700. The number of hydrogen-bond acceptors (Lipinski definition) is 3. The molecule has 0 aromatic rings. The van der Waals surface area contributed by atoms with Gasteiger partial charge in [-0.2, -0.15) is 0 Å². The quantitative estimate of drug-likeness (QED) is 0.563. The van der Waals surface area contributed by atoms with E-state index in [9.17, 15) is 0 Å². The summed E-state index contributed by atoms with van der Waals surface area (Å²) in [6.07, 6.45) is 3.52. The minimum atomic E-state index is 0.163. The topological polar surface area (TPSA) is 34.0 Å². The fraction of sp³-hybridized carbons (Fsp3) is 0.750. The number of hydrogen-bond donors (Lipinski definition) is 0. The lowest BCUT2D eigenvalue weighted by atomic mass is 10.2. The molecule has 3 nitrogen and oxygen atoms in total. The first-order valence-electron chi connectivity index (χ1n) is 3.69. The minimum Gasteiger partial charge on any atom is -0.380 e. The summed E-state index contributed by atoms with van der Waals surface area (Å²) < 4.78 is 5.08. The highest BCUT2D eigenvalue weighted by molar-refractivity contribution is 6.15. The van der Waals surface area contributed by atoms with Crippen molar-refractivity contribution < 1.29 is 4.74 Å². The van der Waals surface area contributed by atoms with Crippen molar-refractivity contribution >= 4 is 12.4 Å². The molecule has 0 saturated carbocycles. The number of aliphatic imine (C=N–C) groups is 2. The van der Waals surface area contributed by atoms with Gasteiger partial charge < -0.3 is 4.74 Å². The van der Waals surface area contributed by atoms with Crippen molar-refractivity contribution in [3.05, 3.63) is 0 Å². The summed E-state index contributed by atoms with van der Waals surface area (Å²) in [6.45, 7) is 4.00. The second-order valence-electron chi connectivity index (χ2n) is 2.39. The van der Waals surface area contributed by atoms with E-state index in [1.54, 1.807) is 26.6 Å². The molecule has 0 saturated heterocycles. The van der Waals surface area contributed by atoms with Gasteiger partial charge in [-0.25, -0.2) is 0 Å². The van der Waals surface area contributed by atoms with E-state index in [-0.39, 0.29) is 12.1 Å². The second kappa shape index (κ2) is 6.04. The Morgan fingerprint density at radius 3 is 2.36 bits per heavy atom.